The van der Waals surface area contributed by atoms with E-state index in [0.29, 0.717) is 5.82 Å². The van der Waals surface area contributed by atoms with Crippen molar-refractivity contribution in [2.75, 3.05) is 23.9 Å². The summed E-state index contributed by atoms with van der Waals surface area (Å²) in [6, 6.07) is 0. The van der Waals surface area contributed by atoms with Crippen molar-refractivity contribution in [2.24, 2.45) is 5.84 Å². The summed E-state index contributed by atoms with van der Waals surface area (Å²) in [6.07, 6.45) is 4.39. The number of hydrazine groups is 1. The van der Waals surface area contributed by atoms with Gasteiger partial charge in [-0.05, 0) is 6.42 Å². The molecule has 0 bridgehead atoms. The Bertz CT molecular complexity index is 262. The van der Waals surface area contributed by atoms with Crippen molar-refractivity contribution in [3.05, 3.63) is 12.4 Å². The topological polar surface area (TPSA) is 67.1 Å². The van der Waals surface area contributed by atoms with Gasteiger partial charge in [-0.15, -0.1) is 0 Å². The molecular weight excluding hydrogens is 166 g/mol. The molecule has 1 aromatic rings. The molecule has 0 fully saturated rings. The predicted octanol–water partition coefficient (Wildman–Crippen LogP) is 0.608. The van der Waals surface area contributed by atoms with Crippen LogP contribution in [0.2, 0.25) is 0 Å². The van der Waals surface area contributed by atoms with Crippen molar-refractivity contribution >= 4 is 11.6 Å². The number of nitrogen functional groups attached to an aromatic ring is 1. The number of nitrogens with one attached hydrogen (secondary N) is 1. The maximum atomic E-state index is 5.22. The molecule has 0 aliphatic carbocycles. The van der Waals surface area contributed by atoms with Crippen LogP contribution in [0, 0.1) is 0 Å². The van der Waals surface area contributed by atoms with Gasteiger partial charge >= 0.3 is 0 Å². The van der Waals surface area contributed by atoms with E-state index < -0.39 is 0 Å². The molecule has 3 N–H and O–H groups in total. The Morgan fingerprint density at radius 2 is 2.31 bits per heavy atom. The Morgan fingerprint density at radius 1 is 1.54 bits per heavy atom. The van der Waals surface area contributed by atoms with Gasteiger partial charge in [0.1, 0.15) is 5.82 Å². The summed E-state index contributed by atoms with van der Waals surface area (Å²) in [7, 11) is 1.98. The van der Waals surface area contributed by atoms with Gasteiger partial charge in [-0.25, -0.2) is 10.8 Å². The van der Waals surface area contributed by atoms with Gasteiger partial charge in [0.25, 0.3) is 0 Å². The summed E-state index contributed by atoms with van der Waals surface area (Å²) in [5.41, 5.74) is 2.46. The van der Waals surface area contributed by atoms with E-state index in [9.17, 15) is 0 Å². The van der Waals surface area contributed by atoms with Gasteiger partial charge in [-0.3, -0.25) is 4.98 Å². The van der Waals surface area contributed by atoms with Crippen LogP contribution >= 0.6 is 0 Å². The molecule has 0 saturated heterocycles. The Kier molecular flexibility index (Phi) is 3.45. The predicted molar refractivity (Wildman–Crippen MR) is 53.4 cm³/mol. The number of anilines is 2. The summed E-state index contributed by atoms with van der Waals surface area (Å²) in [6.45, 7) is 3.08. The lowest BCUT2D eigenvalue weighted by Gasteiger charge is -2.16. The van der Waals surface area contributed by atoms with Crippen LogP contribution < -0.4 is 16.2 Å². The standard InChI is InChI=1S/C8H15N5/c1-3-4-13(2)8-6-10-5-7(11-8)12-9/h5-6H,3-4,9H2,1-2H3,(H,11,12). The number of hydrogen-bond acceptors (Lipinski definition) is 5. The average molecular weight is 181 g/mol. The molecule has 5 nitrogen and oxygen atoms in total. The third-order valence-electron chi connectivity index (χ3n) is 1.72. The van der Waals surface area contributed by atoms with Crippen molar-refractivity contribution < 1.29 is 0 Å². The highest BCUT2D eigenvalue weighted by molar-refractivity contribution is 5.42. The third-order valence-corrected chi connectivity index (χ3v) is 1.72. The molecule has 0 spiro atoms. The van der Waals surface area contributed by atoms with E-state index in [0.717, 1.165) is 18.8 Å². The molecule has 0 saturated carbocycles. The van der Waals surface area contributed by atoms with E-state index >= 15 is 0 Å². The summed E-state index contributed by atoms with van der Waals surface area (Å²) >= 11 is 0. The van der Waals surface area contributed by atoms with Crippen LogP contribution in [0.15, 0.2) is 12.4 Å². The fourth-order valence-corrected chi connectivity index (χ4v) is 1.06. The van der Waals surface area contributed by atoms with Gasteiger partial charge in [-0.1, -0.05) is 6.92 Å². The molecule has 0 aliphatic heterocycles. The van der Waals surface area contributed by atoms with E-state index in [1.165, 1.54) is 0 Å². The number of rotatable bonds is 4. The minimum atomic E-state index is 0.584. The maximum absolute atomic E-state index is 5.22. The van der Waals surface area contributed by atoms with Gasteiger partial charge in [0.2, 0.25) is 0 Å². The Labute approximate surface area is 78.0 Å². The monoisotopic (exact) mass is 181 g/mol. The molecule has 1 aromatic heterocycles. The average Bonchev–Trinajstić information content (AvgIpc) is 2.18. The quantitative estimate of drug-likeness (QED) is 0.526. The molecule has 72 valence electrons. The largest absolute Gasteiger partial charge is 0.358 e. The van der Waals surface area contributed by atoms with Crippen molar-refractivity contribution in [1.82, 2.24) is 9.97 Å². The van der Waals surface area contributed by atoms with Gasteiger partial charge < -0.3 is 10.3 Å². The second-order valence-electron chi connectivity index (χ2n) is 2.83. The lowest BCUT2D eigenvalue weighted by Crippen LogP contribution is -2.20. The molecule has 0 radical (unpaired) electrons. The van der Waals surface area contributed by atoms with Crippen molar-refractivity contribution in [3.63, 3.8) is 0 Å². The number of aromatic nitrogens is 2. The summed E-state index contributed by atoms with van der Waals surface area (Å²) < 4.78 is 0. The second-order valence-corrected chi connectivity index (χ2v) is 2.83. The zero-order chi connectivity index (χ0) is 9.68. The van der Waals surface area contributed by atoms with Crippen LogP contribution in [0.3, 0.4) is 0 Å². The van der Waals surface area contributed by atoms with Gasteiger partial charge in [0.15, 0.2) is 5.82 Å². The lowest BCUT2D eigenvalue weighted by molar-refractivity contribution is 0.834. The summed E-state index contributed by atoms with van der Waals surface area (Å²) in [5, 5.41) is 0. The van der Waals surface area contributed by atoms with Gasteiger partial charge in [0.05, 0.1) is 12.4 Å². The number of nitrogens with two attached hydrogens (primary N) is 1. The summed E-state index contributed by atoms with van der Waals surface area (Å²) in [4.78, 5) is 10.3. The number of hydrogen-bond donors (Lipinski definition) is 2. The van der Waals surface area contributed by atoms with Gasteiger partial charge in [-0.2, -0.15) is 0 Å². The zero-order valence-electron chi connectivity index (χ0n) is 7.99. The van der Waals surface area contributed by atoms with Crippen LogP contribution in [0.1, 0.15) is 13.3 Å². The fraction of sp³-hybridized carbons (Fsp3) is 0.500. The van der Waals surface area contributed by atoms with Crippen LogP contribution in [0.5, 0.6) is 0 Å². The lowest BCUT2D eigenvalue weighted by atomic mass is 10.4. The first-order chi connectivity index (χ1) is 6.27. The first-order valence-electron chi connectivity index (χ1n) is 4.27. The highest BCUT2D eigenvalue weighted by atomic mass is 15.3. The van der Waals surface area contributed by atoms with Crippen LogP contribution in [-0.2, 0) is 0 Å². The molecule has 0 amide bonds. The van der Waals surface area contributed by atoms with E-state index in [1.54, 1.807) is 12.4 Å². The van der Waals surface area contributed by atoms with E-state index in [1.807, 2.05) is 11.9 Å². The molecular formula is C8H15N5. The Balaban J connectivity index is 2.75. The fourth-order valence-electron chi connectivity index (χ4n) is 1.06. The zero-order valence-corrected chi connectivity index (χ0v) is 7.99. The minimum Gasteiger partial charge on any atom is -0.358 e. The molecule has 1 heterocycles. The second kappa shape index (κ2) is 4.61. The molecule has 13 heavy (non-hydrogen) atoms. The van der Waals surface area contributed by atoms with Crippen LogP contribution in [-0.4, -0.2) is 23.6 Å². The smallest absolute Gasteiger partial charge is 0.160 e. The maximum Gasteiger partial charge on any atom is 0.160 e. The van der Waals surface area contributed by atoms with Crippen LogP contribution in [0.4, 0.5) is 11.6 Å². The van der Waals surface area contributed by atoms with Crippen LogP contribution in [0.25, 0.3) is 0 Å². The molecule has 1 rings (SSSR count). The molecule has 5 heteroatoms. The van der Waals surface area contributed by atoms with E-state index in [4.69, 9.17) is 5.84 Å². The highest BCUT2D eigenvalue weighted by Crippen LogP contribution is 2.09. The first-order valence-corrected chi connectivity index (χ1v) is 4.27. The first kappa shape index (κ1) is 9.73. The molecule has 0 aliphatic rings. The third kappa shape index (κ3) is 2.55. The van der Waals surface area contributed by atoms with E-state index in [2.05, 4.69) is 22.3 Å². The molecule has 0 atom stereocenters. The minimum absolute atomic E-state index is 0.584. The highest BCUT2D eigenvalue weighted by Gasteiger charge is 2.01. The normalized spacial score (nSPS) is 9.77. The molecule has 0 aromatic carbocycles. The van der Waals surface area contributed by atoms with Crippen molar-refractivity contribution in [3.8, 4) is 0 Å². The molecule has 0 unspecified atom stereocenters. The Hall–Kier alpha value is -1.36. The number of nitrogens with zero attached hydrogens (tertiary/aromatic N) is 3. The SMILES string of the molecule is CCCN(C)c1cncc(NN)n1. The Morgan fingerprint density at radius 3 is 2.92 bits per heavy atom. The van der Waals surface area contributed by atoms with E-state index in [-0.39, 0.29) is 0 Å². The van der Waals surface area contributed by atoms with Crippen molar-refractivity contribution in [2.45, 2.75) is 13.3 Å². The van der Waals surface area contributed by atoms with Crippen molar-refractivity contribution in [1.29, 1.82) is 0 Å². The van der Waals surface area contributed by atoms with Gasteiger partial charge in [0, 0.05) is 13.6 Å². The summed E-state index contributed by atoms with van der Waals surface area (Å²) in [5.74, 6) is 6.64.